The van der Waals surface area contributed by atoms with Crippen molar-refractivity contribution < 1.29 is 14.3 Å². The number of hydrogen-bond acceptors (Lipinski definition) is 4. The predicted molar refractivity (Wildman–Crippen MR) is 82.4 cm³/mol. The number of carbonyl (C=O) groups excluding carboxylic acids is 2. The summed E-state index contributed by atoms with van der Waals surface area (Å²) >= 11 is 0. The largest absolute Gasteiger partial charge is 0.453 e. The molecule has 0 saturated carbocycles. The topological polar surface area (TPSA) is 96.1 Å². The Morgan fingerprint density at radius 3 is 2.77 bits per heavy atom. The number of hydrogen-bond donors (Lipinski definition) is 3. The molecule has 3 N–H and O–H groups in total. The number of carbonyl (C=O) groups is 2. The van der Waals surface area contributed by atoms with Crippen LogP contribution in [0.5, 0.6) is 0 Å². The maximum absolute atomic E-state index is 11.9. The first-order valence-corrected chi connectivity index (χ1v) is 6.99. The molecule has 0 radical (unpaired) electrons. The minimum Gasteiger partial charge on any atom is -0.453 e. The van der Waals surface area contributed by atoms with E-state index in [4.69, 9.17) is 0 Å². The van der Waals surface area contributed by atoms with Crippen molar-refractivity contribution in [3.05, 3.63) is 29.1 Å². The smallest absolute Gasteiger partial charge is 0.407 e. The summed E-state index contributed by atoms with van der Waals surface area (Å²) in [6, 6.07) is 3.32. The maximum atomic E-state index is 11.9. The summed E-state index contributed by atoms with van der Waals surface area (Å²) < 4.78 is 4.45. The van der Waals surface area contributed by atoms with Crippen LogP contribution in [-0.2, 0) is 16.1 Å². The van der Waals surface area contributed by atoms with Crippen LogP contribution in [0.25, 0.3) is 11.0 Å². The zero-order chi connectivity index (χ0) is 16.3. The monoisotopic (exact) mass is 304 g/mol. The molecule has 0 fully saturated rings. The first-order valence-electron chi connectivity index (χ1n) is 6.99. The molecule has 0 aliphatic carbocycles. The Labute approximate surface area is 128 Å². The molecule has 0 bridgehead atoms. The number of aryl methyl sites for hydroxylation is 2. The van der Waals surface area contributed by atoms with E-state index in [-0.39, 0.29) is 12.5 Å². The van der Waals surface area contributed by atoms with Gasteiger partial charge in [-0.3, -0.25) is 4.79 Å². The van der Waals surface area contributed by atoms with E-state index in [9.17, 15) is 9.59 Å². The van der Waals surface area contributed by atoms with Crippen molar-refractivity contribution in [3.63, 3.8) is 0 Å². The Morgan fingerprint density at radius 2 is 2.09 bits per heavy atom. The second-order valence-corrected chi connectivity index (χ2v) is 5.16. The van der Waals surface area contributed by atoms with Gasteiger partial charge < -0.3 is 20.4 Å². The molecule has 7 heteroatoms. The van der Waals surface area contributed by atoms with Crippen molar-refractivity contribution in [1.82, 2.24) is 20.6 Å². The normalized spacial score (nSPS) is 12.0. The number of aromatic amines is 1. The van der Waals surface area contributed by atoms with E-state index < -0.39 is 12.1 Å². The molecule has 0 aliphatic heterocycles. The quantitative estimate of drug-likeness (QED) is 0.798. The summed E-state index contributed by atoms with van der Waals surface area (Å²) in [6.45, 7) is 5.89. The number of ether oxygens (including phenoxy) is 1. The van der Waals surface area contributed by atoms with Gasteiger partial charge in [0.2, 0.25) is 5.91 Å². The average Bonchev–Trinajstić information content (AvgIpc) is 2.92. The highest BCUT2D eigenvalue weighted by atomic mass is 16.5. The first kappa shape index (κ1) is 15.8. The summed E-state index contributed by atoms with van der Waals surface area (Å²) in [7, 11) is 1.25. The number of rotatable bonds is 4. The molecule has 1 aromatic heterocycles. The Bertz CT molecular complexity index is 708. The Morgan fingerprint density at radius 1 is 1.36 bits per heavy atom. The van der Waals surface area contributed by atoms with Crippen LogP contribution in [0.4, 0.5) is 4.79 Å². The van der Waals surface area contributed by atoms with Crippen LogP contribution in [0.3, 0.4) is 0 Å². The lowest BCUT2D eigenvalue weighted by molar-refractivity contribution is -0.122. The second-order valence-electron chi connectivity index (χ2n) is 5.16. The molecule has 0 unspecified atom stereocenters. The minimum absolute atomic E-state index is 0.263. The number of alkyl carbamates (subject to hydrolysis) is 1. The van der Waals surface area contributed by atoms with Crippen LogP contribution < -0.4 is 10.6 Å². The van der Waals surface area contributed by atoms with Gasteiger partial charge in [-0.25, -0.2) is 9.78 Å². The second kappa shape index (κ2) is 6.46. The highest BCUT2D eigenvalue weighted by Gasteiger charge is 2.16. The Hall–Kier alpha value is -2.57. The summed E-state index contributed by atoms with van der Waals surface area (Å²) in [5, 5.41) is 5.13. The number of fused-ring (bicyclic) bond motifs is 1. The molecule has 2 rings (SSSR count). The number of H-pyrrole nitrogens is 1. The highest BCUT2D eigenvalue weighted by Crippen LogP contribution is 2.19. The lowest BCUT2D eigenvalue weighted by Gasteiger charge is -2.12. The average molecular weight is 304 g/mol. The van der Waals surface area contributed by atoms with E-state index >= 15 is 0 Å². The third-order valence-electron chi connectivity index (χ3n) is 3.57. The predicted octanol–water partition coefficient (Wildman–Crippen LogP) is 1.54. The van der Waals surface area contributed by atoms with Crippen LogP contribution in [-0.4, -0.2) is 35.1 Å². The zero-order valence-electron chi connectivity index (χ0n) is 13.1. The molecule has 22 heavy (non-hydrogen) atoms. The Kier molecular flexibility index (Phi) is 4.65. The van der Waals surface area contributed by atoms with E-state index in [1.807, 2.05) is 26.0 Å². The zero-order valence-corrected chi connectivity index (χ0v) is 13.1. The van der Waals surface area contributed by atoms with Crippen molar-refractivity contribution >= 4 is 23.0 Å². The van der Waals surface area contributed by atoms with Crippen molar-refractivity contribution in [1.29, 1.82) is 0 Å². The van der Waals surface area contributed by atoms with Gasteiger partial charge >= 0.3 is 6.09 Å². The number of nitrogens with one attached hydrogen (secondary N) is 3. The van der Waals surface area contributed by atoms with Gasteiger partial charge in [0, 0.05) is 0 Å². The number of methoxy groups -OCH3 is 1. The fraction of sp³-hybridized carbons (Fsp3) is 0.400. The number of benzene rings is 1. The van der Waals surface area contributed by atoms with Crippen molar-refractivity contribution in [2.75, 3.05) is 7.11 Å². The summed E-state index contributed by atoms with van der Waals surface area (Å²) in [6.07, 6.45) is -0.641. The molecule has 7 nitrogen and oxygen atoms in total. The minimum atomic E-state index is -0.680. The van der Waals surface area contributed by atoms with E-state index in [1.165, 1.54) is 12.7 Å². The molecule has 0 spiro atoms. The standard InChI is InChI=1S/C15H20N4O3/c1-8-5-6-11-13(9(8)2)19-12(18-11)7-16-14(20)10(3)17-15(21)22-4/h5-6,10H,7H2,1-4H3,(H,16,20)(H,17,21)(H,18,19)/t10-/m0/s1. The van der Waals surface area contributed by atoms with E-state index in [0.717, 1.165) is 16.6 Å². The van der Waals surface area contributed by atoms with Gasteiger partial charge in [0.1, 0.15) is 11.9 Å². The molecular weight excluding hydrogens is 284 g/mol. The van der Waals surface area contributed by atoms with E-state index in [0.29, 0.717) is 5.82 Å². The van der Waals surface area contributed by atoms with Crippen LogP contribution in [0, 0.1) is 13.8 Å². The number of amides is 2. The van der Waals surface area contributed by atoms with Gasteiger partial charge in [-0.15, -0.1) is 0 Å². The lowest BCUT2D eigenvalue weighted by atomic mass is 10.1. The molecule has 1 atom stereocenters. The van der Waals surface area contributed by atoms with E-state index in [2.05, 4.69) is 25.3 Å². The van der Waals surface area contributed by atoms with E-state index in [1.54, 1.807) is 6.92 Å². The molecule has 2 aromatic rings. The van der Waals surface area contributed by atoms with Crippen LogP contribution in [0.1, 0.15) is 23.9 Å². The van der Waals surface area contributed by atoms with Crippen molar-refractivity contribution in [2.24, 2.45) is 0 Å². The Balaban J connectivity index is 2.01. The fourth-order valence-corrected chi connectivity index (χ4v) is 2.07. The number of nitrogens with zero attached hydrogens (tertiary/aromatic N) is 1. The van der Waals surface area contributed by atoms with Gasteiger partial charge in [0.05, 0.1) is 24.7 Å². The number of imidazole rings is 1. The van der Waals surface area contributed by atoms with Crippen molar-refractivity contribution in [2.45, 2.75) is 33.4 Å². The van der Waals surface area contributed by atoms with Crippen molar-refractivity contribution in [3.8, 4) is 0 Å². The molecule has 118 valence electrons. The number of aromatic nitrogens is 2. The van der Waals surface area contributed by atoms with Gasteiger partial charge in [0.15, 0.2) is 0 Å². The van der Waals surface area contributed by atoms with Gasteiger partial charge in [-0.05, 0) is 38.0 Å². The molecule has 2 amide bonds. The van der Waals surface area contributed by atoms with Gasteiger partial charge in [0.25, 0.3) is 0 Å². The van der Waals surface area contributed by atoms with Gasteiger partial charge in [-0.2, -0.15) is 0 Å². The van der Waals surface area contributed by atoms with Crippen LogP contribution >= 0.6 is 0 Å². The lowest BCUT2D eigenvalue weighted by Crippen LogP contribution is -2.44. The fourth-order valence-electron chi connectivity index (χ4n) is 2.07. The molecule has 0 saturated heterocycles. The maximum Gasteiger partial charge on any atom is 0.407 e. The van der Waals surface area contributed by atoms with Crippen LogP contribution in [0.15, 0.2) is 12.1 Å². The SMILES string of the molecule is COC(=O)N[C@@H](C)C(=O)NCc1nc2c(C)c(C)ccc2[nH]1. The van der Waals surface area contributed by atoms with Gasteiger partial charge in [-0.1, -0.05) is 6.07 Å². The highest BCUT2D eigenvalue weighted by molar-refractivity contribution is 5.85. The third-order valence-corrected chi connectivity index (χ3v) is 3.57. The first-order chi connectivity index (χ1) is 10.4. The molecular formula is C15H20N4O3. The van der Waals surface area contributed by atoms with Crippen LogP contribution in [0.2, 0.25) is 0 Å². The summed E-state index contributed by atoms with van der Waals surface area (Å²) in [4.78, 5) is 30.6. The summed E-state index contributed by atoms with van der Waals surface area (Å²) in [5.41, 5.74) is 4.13. The summed E-state index contributed by atoms with van der Waals surface area (Å²) in [5.74, 6) is 0.362. The third kappa shape index (κ3) is 3.36. The molecule has 1 aromatic carbocycles. The molecule has 0 aliphatic rings. The molecule has 1 heterocycles.